The Labute approximate surface area is 58.7 Å². The van der Waals surface area contributed by atoms with Crippen LogP contribution in [0.15, 0.2) is 5.38 Å². The predicted octanol–water partition coefficient (Wildman–Crippen LogP) is 1.49. The molecule has 0 aliphatic rings. The Kier molecular flexibility index (Phi) is 2.19. The lowest BCUT2D eigenvalue weighted by Gasteiger charge is -1.82. The zero-order valence-corrected chi connectivity index (χ0v) is 6.16. The van der Waals surface area contributed by atoms with E-state index in [2.05, 4.69) is 11.9 Å². The van der Waals surface area contributed by atoms with Gasteiger partial charge in [-0.2, -0.15) is 0 Å². The van der Waals surface area contributed by atoms with Gasteiger partial charge in [-0.25, -0.2) is 4.98 Å². The van der Waals surface area contributed by atoms with Crippen molar-refractivity contribution in [2.45, 2.75) is 19.9 Å². The fourth-order valence-electron chi connectivity index (χ4n) is 0.593. The van der Waals surface area contributed by atoms with Crippen LogP contribution in [0.4, 0.5) is 0 Å². The number of hydrogen-bond donors (Lipinski definition) is 0. The first-order chi connectivity index (χ1) is 4.36. The maximum Gasteiger partial charge on any atom is 0.108 e. The minimum atomic E-state index is 0.324. The van der Waals surface area contributed by atoms with Gasteiger partial charge in [0, 0.05) is 5.38 Å². The highest BCUT2D eigenvalue weighted by molar-refractivity contribution is 7.09. The largest absolute Gasteiger partial charge is 0.251 e. The van der Waals surface area contributed by atoms with Crippen LogP contribution in [0.25, 0.3) is 0 Å². The fourth-order valence-corrected chi connectivity index (χ4v) is 1.34. The Bertz CT molecular complexity index is 164. The minimum absolute atomic E-state index is 0.324. The summed E-state index contributed by atoms with van der Waals surface area (Å²) in [5, 5.41) is 2.94. The van der Waals surface area contributed by atoms with Gasteiger partial charge in [0.2, 0.25) is 0 Å². The second-order valence-corrected chi connectivity index (χ2v) is 2.71. The van der Waals surface area contributed by atoms with E-state index in [0.29, 0.717) is 6.54 Å². The molecule has 1 aromatic rings. The van der Waals surface area contributed by atoms with Crippen molar-refractivity contribution in [2.75, 3.05) is 0 Å². The zero-order chi connectivity index (χ0) is 6.69. The van der Waals surface area contributed by atoms with Gasteiger partial charge in [-0.05, 0) is 6.42 Å². The number of hydrogen-bond acceptors (Lipinski definition) is 2. The molecule has 0 amide bonds. The van der Waals surface area contributed by atoms with Crippen molar-refractivity contribution in [3.8, 4) is 0 Å². The van der Waals surface area contributed by atoms with E-state index in [1.165, 1.54) is 0 Å². The summed E-state index contributed by atoms with van der Waals surface area (Å²) in [4.78, 5) is 4.18. The van der Waals surface area contributed by atoms with E-state index < -0.39 is 0 Å². The second kappa shape index (κ2) is 2.94. The Hall–Kier alpha value is -0.410. The zero-order valence-electron chi connectivity index (χ0n) is 5.35. The van der Waals surface area contributed by atoms with Gasteiger partial charge in [-0.15, -0.1) is 11.3 Å². The number of rotatable bonds is 2. The van der Waals surface area contributed by atoms with E-state index >= 15 is 0 Å². The number of aromatic nitrogens is 1. The van der Waals surface area contributed by atoms with E-state index in [0.717, 1.165) is 17.1 Å². The standard InChI is InChI=1S/C6H9N2S/c1-2-5-4-9-6(3-7)8-5/h4,7H,2-3H2,1H3. The molecule has 1 aromatic heterocycles. The van der Waals surface area contributed by atoms with Crippen LogP contribution in [0.1, 0.15) is 17.6 Å². The molecule has 2 nitrogen and oxygen atoms in total. The molecule has 1 heterocycles. The van der Waals surface area contributed by atoms with Gasteiger partial charge in [-0.3, -0.25) is 5.73 Å². The molecule has 0 aliphatic heterocycles. The predicted molar refractivity (Wildman–Crippen MR) is 38.3 cm³/mol. The van der Waals surface area contributed by atoms with Crippen LogP contribution in [-0.2, 0) is 13.0 Å². The Morgan fingerprint density at radius 2 is 2.56 bits per heavy atom. The Morgan fingerprint density at radius 1 is 1.78 bits per heavy atom. The summed E-state index contributed by atoms with van der Waals surface area (Å²) in [7, 11) is 0. The Morgan fingerprint density at radius 3 is 2.89 bits per heavy atom. The first kappa shape index (κ1) is 6.71. The average Bonchev–Trinajstić information content (AvgIpc) is 2.34. The third-order valence-corrected chi connectivity index (χ3v) is 2.01. The molecule has 1 N–H and O–H groups in total. The summed E-state index contributed by atoms with van der Waals surface area (Å²) in [5.41, 5.74) is 8.09. The van der Waals surface area contributed by atoms with Crippen LogP contribution in [0, 0.1) is 0 Å². The summed E-state index contributed by atoms with van der Waals surface area (Å²) in [6.45, 7) is 2.40. The second-order valence-electron chi connectivity index (χ2n) is 1.76. The SMILES string of the molecule is CCc1csc(C[NH])n1. The van der Waals surface area contributed by atoms with Gasteiger partial charge in [0.15, 0.2) is 0 Å². The van der Waals surface area contributed by atoms with Crippen molar-refractivity contribution in [1.82, 2.24) is 10.7 Å². The van der Waals surface area contributed by atoms with Crippen LogP contribution in [0.2, 0.25) is 0 Å². The van der Waals surface area contributed by atoms with Gasteiger partial charge in [0.05, 0.1) is 12.2 Å². The normalized spacial score (nSPS) is 10.0. The van der Waals surface area contributed by atoms with Crippen LogP contribution in [0.3, 0.4) is 0 Å². The molecule has 49 valence electrons. The number of nitrogens with one attached hydrogen (secondary N) is 1. The topological polar surface area (TPSA) is 36.7 Å². The molecule has 0 bridgehead atoms. The van der Waals surface area contributed by atoms with Crippen LogP contribution in [0.5, 0.6) is 0 Å². The minimum Gasteiger partial charge on any atom is -0.251 e. The highest BCUT2D eigenvalue weighted by Gasteiger charge is 1.95. The molecule has 0 fully saturated rings. The van der Waals surface area contributed by atoms with Crippen molar-refractivity contribution in [3.05, 3.63) is 16.1 Å². The highest BCUT2D eigenvalue weighted by atomic mass is 32.1. The number of nitrogens with zero attached hydrogens (tertiary/aromatic N) is 1. The van der Waals surface area contributed by atoms with E-state index in [-0.39, 0.29) is 0 Å². The van der Waals surface area contributed by atoms with Gasteiger partial charge in [0.1, 0.15) is 5.01 Å². The molecule has 0 aromatic carbocycles. The van der Waals surface area contributed by atoms with E-state index in [4.69, 9.17) is 5.73 Å². The monoisotopic (exact) mass is 141 g/mol. The van der Waals surface area contributed by atoms with Crippen LogP contribution < -0.4 is 5.73 Å². The molecule has 0 atom stereocenters. The van der Waals surface area contributed by atoms with Gasteiger partial charge in [0.25, 0.3) is 0 Å². The summed E-state index contributed by atoms with van der Waals surface area (Å²) >= 11 is 1.58. The van der Waals surface area contributed by atoms with Gasteiger partial charge < -0.3 is 0 Å². The molecule has 3 heteroatoms. The maximum absolute atomic E-state index is 6.98. The van der Waals surface area contributed by atoms with E-state index in [9.17, 15) is 0 Å². The molecule has 0 aliphatic carbocycles. The number of aryl methyl sites for hydroxylation is 1. The van der Waals surface area contributed by atoms with Gasteiger partial charge >= 0.3 is 0 Å². The third kappa shape index (κ3) is 1.50. The molecular weight excluding hydrogens is 132 g/mol. The summed E-state index contributed by atoms with van der Waals surface area (Å²) in [5.74, 6) is 0. The molecule has 0 saturated carbocycles. The lowest BCUT2D eigenvalue weighted by Crippen LogP contribution is -1.84. The molecule has 0 saturated heterocycles. The average molecular weight is 141 g/mol. The van der Waals surface area contributed by atoms with Crippen LogP contribution in [-0.4, -0.2) is 4.98 Å². The summed E-state index contributed by atoms with van der Waals surface area (Å²) in [6.07, 6.45) is 0.983. The van der Waals surface area contributed by atoms with Crippen molar-refractivity contribution >= 4 is 11.3 Å². The first-order valence-electron chi connectivity index (χ1n) is 2.94. The molecule has 0 unspecified atom stereocenters. The van der Waals surface area contributed by atoms with E-state index in [1.54, 1.807) is 11.3 Å². The van der Waals surface area contributed by atoms with Crippen molar-refractivity contribution in [2.24, 2.45) is 0 Å². The fraction of sp³-hybridized carbons (Fsp3) is 0.500. The molecular formula is C6H9N2S. The van der Waals surface area contributed by atoms with Crippen molar-refractivity contribution in [3.63, 3.8) is 0 Å². The smallest absolute Gasteiger partial charge is 0.108 e. The maximum atomic E-state index is 6.98. The third-order valence-electron chi connectivity index (χ3n) is 1.11. The van der Waals surface area contributed by atoms with Crippen molar-refractivity contribution < 1.29 is 0 Å². The van der Waals surface area contributed by atoms with Crippen molar-refractivity contribution in [1.29, 1.82) is 0 Å². The summed E-state index contributed by atoms with van der Waals surface area (Å²) in [6, 6.07) is 0. The quantitative estimate of drug-likeness (QED) is 0.614. The lowest BCUT2D eigenvalue weighted by molar-refractivity contribution is 0.960. The molecule has 1 radical (unpaired) electrons. The molecule has 9 heavy (non-hydrogen) atoms. The highest BCUT2D eigenvalue weighted by Crippen LogP contribution is 2.08. The number of thiazole rings is 1. The first-order valence-corrected chi connectivity index (χ1v) is 3.82. The summed E-state index contributed by atoms with van der Waals surface area (Å²) < 4.78 is 0. The van der Waals surface area contributed by atoms with Gasteiger partial charge in [-0.1, -0.05) is 6.92 Å². The lowest BCUT2D eigenvalue weighted by atomic mass is 10.4. The van der Waals surface area contributed by atoms with Crippen LogP contribution >= 0.6 is 11.3 Å². The molecule has 1 rings (SSSR count). The Balaban J connectivity index is 2.74. The molecule has 0 spiro atoms. The van der Waals surface area contributed by atoms with E-state index in [1.807, 2.05) is 5.38 Å².